The van der Waals surface area contributed by atoms with Gasteiger partial charge in [-0.05, 0) is 112 Å². The number of aryl methyl sites for hydroxylation is 1. The molecule has 0 N–H and O–H groups in total. The smallest absolute Gasteiger partial charge is 0.309 e. The summed E-state index contributed by atoms with van der Waals surface area (Å²) < 4.78 is 19.7. The average Bonchev–Trinajstić information content (AvgIpc) is 3.04. The van der Waals surface area contributed by atoms with Crippen LogP contribution in [0.15, 0.2) is 65.3 Å². The van der Waals surface area contributed by atoms with Gasteiger partial charge in [-0.2, -0.15) is 10.2 Å². The number of hydrogen-bond acceptors (Lipinski definition) is 5. The van der Waals surface area contributed by atoms with Gasteiger partial charge in [-0.15, -0.1) is 0 Å². The van der Waals surface area contributed by atoms with Crippen molar-refractivity contribution >= 4 is 17.4 Å². The molecule has 230 valence electrons. The van der Waals surface area contributed by atoms with Crippen LogP contribution in [0, 0.1) is 23.7 Å². The second-order valence-electron chi connectivity index (χ2n) is 13.4. The first-order valence-corrected chi connectivity index (χ1v) is 16.4. The number of ether oxygens (including phenoxy) is 1. The van der Waals surface area contributed by atoms with E-state index in [9.17, 15) is 14.0 Å². The first kappa shape index (κ1) is 31.3. The number of carbonyl (C=O) groups is 2. The number of rotatable bonds is 12. The normalized spacial score (nSPS) is 24.9. The van der Waals surface area contributed by atoms with Crippen molar-refractivity contribution in [2.75, 3.05) is 6.54 Å². The van der Waals surface area contributed by atoms with Crippen LogP contribution in [0.4, 0.5) is 10.1 Å². The SMILES string of the molecule is C=CC(C)(F)CCc1ccc(COC(=O)C2CCC(CC3CCC(CC(=O)c4ccc5c(c4)N=NCC5)CC3)CC2)cc1. The molecule has 1 atom stereocenters. The van der Waals surface area contributed by atoms with Crippen LogP contribution in [-0.2, 0) is 29.0 Å². The summed E-state index contributed by atoms with van der Waals surface area (Å²) in [6.07, 6.45) is 13.9. The fraction of sp³-hybridized carbons (Fsp3) is 0.568. The van der Waals surface area contributed by atoms with Crippen molar-refractivity contribution in [2.45, 2.75) is 103 Å². The molecule has 0 saturated heterocycles. The average molecular weight is 587 g/mol. The Bertz CT molecular complexity index is 1290. The van der Waals surface area contributed by atoms with Gasteiger partial charge in [0.05, 0.1) is 18.2 Å². The highest BCUT2D eigenvalue weighted by Gasteiger charge is 2.31. The van der Waals surface area contributed by atoms with Gasteiger partial charge < -0.3 is 4.74 Å². The number of halogens is 1. The van der Waals surface area contributed by atoms with Crippen molar-refractivity contribution in [3.8, 4) is 0 Å². The van der Waals surface area contributed by atoms with Crippen molar-refractivity contribution < 1.29 is 18.7 Å². The standard InChI is InChI=1S/C37H47FN2O3/c1-3-37(2,38)20-18-26-4-10-30(11-5-26)25-43-36(42)32-14-12-28(13-15-32)22-27-6-8-29(9-7-27)23-35(41)33-17-16-31-19-21-39-40-34(31)24-33/h3-5,10-11,16-17,24,27-29,32H,1,6-9,12-15,18-23,25H2,2H3. The number of allylic oxidation sites excluding steroid dienone is 1. The lowest BCUT2D eigenvalue weighted by Gasteiger charge is -2.33. The van der Waals surface area contributed by atoms with Crippen molar-refractivity contribution in [2.24, 2.45) is 33.9 Å². The van der Waals surface area contributed by atoms with E-state index in [1.54, 1.807) is 6.92 Å². The summed E-state index contributed by atoms with van der Waals surface area (Å²) in [5.41, 5.74) is 3.49. The fourth-order valence-corrected chi connectivity index (χ4v) is 7.06. The van der Waals surface area contributed by atoms with Crippen LogP contribution in [0.5, 0.6) is 0 Å². The molecule has 5 rings (SSSR count). The number of hydrogen-bond donors (Lipinski definition) is 0. The highest BCUT2D eigenvalue weighted by Crippen LogP contribution is 2.40. The van der Waals surface area contributed by atoms with E-state index in [0.29, 0.717) is 31.1 Å². The highest BCUT2D eigenvalue weighted by molar-refractivity contribution is 5.97. The molecule has 1 unspecified atom stereocenters. The second-order valence-corrected chi connectivity index (χ2v) is 13.4. The summed E-state index contributed by atoms with van der Waals surface area (Å²) in [7, 11) is 0. The minimum Gasteiger partial charge on any atom is -0.461 e. The van der Waals surface area contributed by atoms with E-state index in [2.05, 4.69) is 16.8 Å². The number of nitrogens with zero attached hydrogens (tertiary/aromatic N) is 2. The van der Waals surface area contributed by atoms with Gasteiger partial charge in [-0.1, -0.05) is 61.9 Å². The topological polar surface area (TPSA) is 68.1 Å². The monoisotopic (exact) mass is 586 g/mol. The Balaban J connectivity index is 0.969. The molecule has 2 aromatic rings. The molecule has 1 aliphatic heterocycles. The quantitative estimate of drug-likeness (QED) is 0.141. The summed E-state index contributed by atoms with van der Waals surface area (Å²) in [6, 6.07) is 13.8. The van der Waals surface area contributed by atoms with Crippen LogP contribution in [0.3, 0.4) is 0 Å². The van der Waals surface area contributed by atoms with E-state index in [0.717, 1.165) is 79.8 Å². The fourth-order valence-electron chi connectivity index (χ4n) is 7.06. The second kappa shape index (κ2) is 14.5. The highest BCUT2D eigenvalue weighted by atomic mass is 19.1. The number of fused-ring (bicyclic) bond motifs is 1. The number of ketones is 1. The molecule has 0 spiro atoms. The van der Waals surface area contributed by atoms with Crippen molar-refractivity contribution in [3.05, 3.63) is 77.4 Å². The zero-order valence-corrected chi connectivity index (χ0v) is 25.7. The van der Waals surface area contributed by atoms with Gasteiger partial charge in [0.1, 0.15) is 12.3 Å². The Labute approximate surface area is 256 Å². The molecule has 43 heavy (non-hydrogen) atoms. The van der Waals surface area contributed by atoms with Crippen molar-refractivity contribution in [1.82, 2.24) is 0 Å². The van der Waals surface area contributed by atoms with E-state index < -0.39 is 5.67 Å². The molecule has 0 radical (unpaired) electrons. The Kier molecular flexibility index (Phi) is 10.6. The number of benzene rings is 2. The largest absolute Gasteiger partial charge is 0.461 e. The van der Waals surface area contributed by atoms with Gasteiger partial charge in [0, 0.05) is 12.0 Å². The zero-order chi connectivity index (χ0) is 30.2. The molecule has 2 fully saturated rings. The molecule has 2 aliphatic carbocycles. The molecule has 5 nitrogen and oxygen atoms in total. The summed E-state index contributed by atoms with van der Waals surface area (Å²) in [4.78, 5) is 25.7. The molecule has 2 aromatic carbocycles. The molecule has 0 aromatic heterocycles. The lowest BCUT2D eigenvalue weighted by atomic mass is 9.72. The molecular formula is C37H47FN2O3. The predicted molar refractivity (Wildman–Crippen MR) is 168 cm³/mol. The third-order valence-corrected chi connectivity index (χ3v) is 10.1. The zero-order valence-electron chi connectivity index (χ0n) is 25.7. The number of carbonyl (C=O) groups excluding carboxylic acids is 2. The lowest BCUT2D eigenvalue weighted by molar-refractivity contribution is -0.151. The van der Waals surface area contributed by atoms with Crippen molar-refractivity contribution in [3.63, 3.8) is 0 Å². The summed E-state index contributed by atoms with van der Waals surface area (Å²) in [5, 5.41) is 8.35. The van der Waals surface area contributed by atoms with Gasteiger partial charge in [0.2, 0.25) is 0 Å². The van der Waals surface area contributed by atoms with E-state index in [-0.39, 0.29) is 24.3 Å². The van der Waals surface area contributed by atoms with Crippen LogP contribution < -0.4 is 0 Å². The molecular weight excluding hydrogens is 539 g/mol. The minimum atomic E-state index is -1.36. The van der Waals surface area contributed by atoms with E-state index in [1.807, 2.05) is 42.5 Å². The predicted octanol–water partition coefficient (Wildman–Crippen LogP) is 9.49. The van der Waals surface area contributed by atoms with Crippen LogP contribution in [-0.4, -0.2) is 24.0 Å². The number of alkyl halides is 1. The molecule has 1 heterocycles. The van der Waals surface area contributed by atoms with Crippen LogP contribution in [0.1, 0.15) is 105 Å². The van der Waals surface area contributed by atoms with E-state index in [4.69, 9.17) is 4.74 Å². The van der Waals surface area contributed by atoms with Crippen LogP contribution in [0.2, 0.25) is 0 Å². The Morgan fingerprint density at radius 3 is 2.30 bits per heavy atom. The molecule has 0 amide bonds. The third-order valence-electron chi connectivity index (χ3n) is 10.1. The van der Waals surface area contributed by atoms with E-state index in [1.165, 1.54) is 30.9 Å². The van der Waals surface area contributed by atoms with Gasteiger partial charge >= 0.3 is 5.97 Å². The van der Waals surface area contributed by atoms with Gasteiger partial charge in [-0.25, -0.2) is 4.39 Å². The maximum absolute atomic E-state index is 14.1. The summed E-state index contributed by atoms with van der Waals surface area (Å²) >= 11 is 0. The molecule has 2 saturated carbocycles. The van der Waals surface area contributed by atoms with Crippen LogP contribution in [0.25, 0.3) is 0 Å². The molecule has 0 bridgehead atoms. The van der Waals surface area contributed by atoms with Crippen LogP contribution >= 0.6 is 0 Å². The van der Waals surface area contributed by atoms with Crippen molar-refractivity contribution in [1.29, 1.82) is 0 Å². The Morgan fingerprint density at radius 2 is 1.60 bits per heavy atom. The first-order valence-electron chi connectivity index (χ1n) is 16.4. The lowest BCUT2D eigenvalue weighted by Crippen LogP contribution is -2.26. The summed E-state index contributed by atoms with van der Waals surface area (Å²) in [6.45, 7) is 6.12. The molecule has 6 heteroatoms. The van der Waals surface area contributed by atoms with E-state index >= 15 is 0 Å². The number of azo groups is 1. The van der Waals surface area contributed by atoms with Gasteiger partial charge in [0.15, 0.2) is 5.78 Å². The maximum atomic E-state index is 14.1. The third kappa shape index (κ3) is 8.93. The summed E-state index contributed by atoms with van der Waals surface area (Å²) in [5.74, 6) is 2.07. The number of Topliss-reactive ketones (excluding diaryl/α,β-unsaturated/α-hetero) is 1. The maximum Gasteiger partial charge on any atom is 0.309 e. The Hall–Kier alpha value is -3.15. The first-order chi connectivity index (χ1) is 20.8. The van der Waals surface area contributed by atoms with Gasteiger partial charge in [-0.3, -0.25) is 9.59 Å². The minimum absolute atomic E-state index is 0.00322. The Morgan fingerprint density at radius 1 is 0.953 bits per heavy atom. The molecule has 3 aliphatic rings. The van der Waals surface area contributed by atoms with Gasteiger partial charge in [0.25, 0.3) is 0 Å². The number of esters is 1.